The van der Waals surface area contributed by atoms with Gasteiger partial charge in [-0.2, -0.15) is 0 Å². The number of thiazole rings is 1. The number of hydrogen-bond acceptors (Lipinski definition) is 4. The Morgan fingerprint density at radius 2 is 1.74 bits per heavy atom. The van der Waals surface area contributed by atoms with Gasteiger partial charge in [0.25, 0.3) is 5.91 Å². The van der Waals surface area contributed by atoms with Crippen LogP contribution in [-0.2, 0) is 11.3 Å². The standard InChI is InChI=1S/C21H21N3O2S/c1-13-6-4-5-7-17(13)12-22-20(26)19-14(2)27-21(24-19)16-8-10-18(11-9-16)23-15(3)25/h4-11H,12H2,1-3H3,(H,22,26)(H,23,25). The second kappa shape index (κ2) is 8.14. The molecular weight excluding hydrogens is 358 g/mol. The van der Waals surface area contributed by atoms with Gasteiger partial charge in [-0.1, -0.05) is 24.3 Å². The molecule has 1 heterocycles. The van der Waals surface area contributed by atoms with E-state index in [2.05, 4.69) is 15.6 Å². The van der Waals surface area contributed by atoms with Crippen LogP contribution in [0.2, 0.25) is 0 Å². The Morgan fingerprint density at radius 3 is 2.41 bits per heavy atom. The van der Waals surface area contributed by atoms with Crippen molar-refractivity contribution in [2.45, 2.75) is 27.3 Å². The van der Waals surface area contributed by atoms with E-state index in [1.165, 1.54) is 18.3 Å². The number of aryl methyl sites for hydroxylation is 2. The third-order valence-corrected chi connectivity index (χ3v) is 5.18. The molecule has 0 saturated heterocycles. The van der Waals surface area contributed by atoms with Crippen LogP contribution in [0.25, 0.3) is 10.6 Å². The van der Waals surface area contributed by atoms with Crippen LogP contribution in [0.5, 0.6) is 0 Å². The number of anilines is 1. The highest BCUT2D eigenvalue weighted by Gasteiger charge is 2.16. The average molecular weight is 379 g/mol. The molecule has 0 aliphatic rings. The summed E-state index contributed by atoms with van der Waals surface area (Å²) >= 11 is 1.48. The normalized spacial score (nSPS) is 10.5. The summed E-state index contributed by atoms with van der Waals surface area (Å²) in [6.45, 7) is 5.87. The second-order valence-electron chi connectivity index (χ2n) is 6.29. The van der Waals surface area contributed by atoms with Gasteiger partial charge < -0.3 is 10.6 Å². The first-order chi connectivity index (χ1) is 12.9. The highest BCUT2D eigenvalue weighted by molar-refractivity contribution is 7.15. The number of rotatable bonds is 5. The summed E-state index contributed by atoms with van der Waals surface area (Å²) in [7, 11) is 0. The van der Waals surface area contributed by atoms with Gasteiger partial charge in [0.15, 0.2) is 0 Å². The molecule has 0 radical (unpaired) electrons. The largest absolute Gasteiger partial charge is 0.347 e. The minimum absolute atomic E-state index is 0.111. The smallest absolute Gasteiger partial charge is 0.271 e. The Bertz CT molecular complexity index is 977. The third-order valence-electron chi connectivity index (χ3n) is 4.16. The summed E-state index contributed by atoms with van der Waals surface area (Å²) in [5.74, 6) is -0.284. The Labute approximate surface area is 162 Å². The van der Waals surface area contributed by atoms with Gasteiger partial charge in [0, 0.05) is 29.6 Å². The molecule has 0 fully saturated rings. The van der Waals surface area contributed by atoms with Gasteiger partial charge in [0.2, 0.25) is 5.91 Å². The van der Waals surface area contributed by atoms with Gasteiger partial charge in [-0.3, -0.25) is 9.59 Å². The van der Waals surface area contributed by atoms with Crippen LogP contribution >= 0.6 is 11.3 Å². The van der Waals surface area contributed by atoms with Crippen LogP contribution in [0.4, 0.5) is 5.69 Å². The molecule has 0 bridgehead atoms. The molecular formula is C21H21N3O2S. The van der Waals surface area contributed by atoms with E-state index in [0.717, 1.165) is 32.3 Å². The summed E-state index contributed by atoms with van der Waals surface area (Å²) in [6, 6.07) is 15.4. The SMILES string of the molecule is CC(=O)Nc1ccc(-c2nc(C(=O)NCc3ccccc3C)c(C)s2)cc1. The summed E-state index contributed by atoms with van der Waals surface area (Å²) < 4.78 is 0. The molecule has 0 spiro atoms. The lowest BCUT2D eigenvalue weighted by Gasteiger charge is -2.07. The molecule has 0 aliphatic carbocycles. The fourth-order valence-corrected chi connectivity index (χ4v) is 3.61. The number of hydrogen-bond donors (Lipinski definition) is 2. The minimum atomic E-state index is -0.173. The number of nitrogens with one attached hydrogen (secondary N) is 2. The van der Waals surface area contributed by atoms with Gasteiger partial charge in [0.1, 0.15) is 10.7 Å². The van der Waals surface area contributed by atoms with Gasteiger partial charge >= 0.3 is 0 Å². The molecule has 0 atom stereocenters. The maximum Gasteiger partial charge on any atom is 0.271 e. The Balaban J connectivity index is 1.73. The van der Waals surface area contributed by atoms with E-state index < -0.39 is 0 Å². The van der Waals surface area contributed by atoms with Crippen molar-refractivity contribution in [2.75, 3.05) is 5.32 Å². The second-order valence-corrected chi connectivity index (χ2v) is 7.49. The summed E-state index contributed by atoms with van der Waals surface area (Å²) in [6.07, 6.45) is 0. The van der Waals surface area contributed by atoms with Crippen molar-refractivity contribution in [3.05, 3.63) is 70.2 Å². The number of aromatic nitrogens is 1. The maximum absolute atomic E-state index is 12.6. The first-order valence-electron chi connectivity index (χ1n) is 8.62. The predicted molar refractivity (Wildman–Crippen MR) is 109 cm³/mol. The van der Waals surface area contributed by atoms with Crippen molar-refractivity contribution in [2.24, 2.45) is 0 Å². The monoisotopic (exact) mass is 379 g/mol. The van der Waals surface area contributed by atoms with Gasteiger partial charge in [-0.05, 0) is 49.2 Å². The topological polar surface area (TPSA) is 71.1 Å². The fraction of sp³-hybridized carbons (Fsp3) is 0.190. The van der Waals surface area contributed by atoms with Crippen molar-refractivity contribution in [1.82, 2.24) is 10.3 Å². The molecule has 138 valence electrons. The highest BCUT2D eigenvalue weighted by atomic mass is 32.1. The first-order valence-corrected chi connectivity index (χ1v) is 9.44. The van der Waals surface area contributed by atoms with Gasteiger partial charge in [-0.25, -0.2) is 4.98 Å². The lowest BCUT2D eigenvalue weighted by atomic mass is 10.1. The Morgan fingerprint density at radius 1 is 1.04 bits per heavy atom. The maximum atomic E-state index is 12.6. The molecule has 2 N–H and O–H groups in total. The van der Waals surface area contributed by atoms with E-state index in [9.17, 15) is 9.59 Å². The summed E-state index contributed by atoms with van der Waals surface area (Å²) in [4.78, 5) is 29.1. The lowest BCUT2D eigenvalue weighted by molar-refractivity contribution is -0.114. The van der Waals surface area contributed by atoms with E-state index in [4.69, 9.17) is 0 Å². The number of carbonyl (C=O) groups excluding carboxylic acids is 2. The Kier molecular flexibility index (Phi) is 5.66. The van der Waals surface area contributed by atoms with Crippen LogP contribution in [0, 0.1) is 13.8 Å². The van der Waals surface area contributed by atoms with Crippen LogP contribution < -0.4 is 10.6 Å². The van der Waals surface area contributed by atoms with Crippen molar-refractivity contribution in [3.8, 4) is 10.6 Å². The van der Waals surface area contributed by atoms with Crippen LogP contribution in [0.1, 0.15) is 33.4 Å². The van der Waals surface area contributed by atoms with Crippen LogP contribution in [0.3, 0.4) is 0 Å². The molecule has 6 heteroatoms. The minimum Gasteiger partial charge on any atom is -0.347 e. The van der Waals surface area contributed by atoms with Crippen LogP contribution in [0.15, 0.2) is 48.5 Å². The number of benzene rings is 2. The molecule has 5 nitrogen and oxygen atoms in total. The number of amides is 2. The molecule has 0 aliphatic heterocycles. The zero-order chi connectivity index (χ0) is 19.4. The van der Waals surface area contributed by atoms with Crippen LogP contribution in [-0.4, -0.2) is 16.8 Å². The first kappa shape index (κ1) is 18.8. The third kappa shape index (κ3) is 4.60. The summed E-state index contributed by atoms with van der Waals surface area (Å²) in [5, 5.41) is 6.47. The van der Waals surface area contributed by atoms with Crippen molar-refractivity contribution >= 4 is 28.8 Å². The van der Waals surface area contributed by atoms with E-state index >= 15 is 0 Å². The quantitative estimate of drug-likeness (QED) is 0.694. The number of carbonyl (C=O) groups is 2. The predicted octanol–water partition coefficient (Wildman–Crippen LogP) is 4.32. The van der Waals surface area contributed by atoms with Gasteiger partial charge in [-0.15, -0.1) is 11.3 Å². The van der Waals surface area contributed by atoms with Crippen molar-refractivity contribution in [1.29, 1.82) is 0 Å². The molecule has 27 heavy (non-hydrogen) atoms. The van der Waals surface area contributed by atoms with E-state index in [-0.39, 0.29) is 11.8 Å². The fourth-order valence-electron chi connectivity index (χ4n) is 2.70. The van der Waals surface area contributed by atoms with E-state index in [1.807, 2.05) is 62.4 Å². The Hall–Kier alpha value is -2.99. The molecule has 3 aromatic rings. The van der Waals surface area contributed by atoms with Crippen molar-refractivity contribution in [3.63, 3.8) is 0 Å². The lowest BCUT2D eigenvalue weighted by Crippen LogP contribution is -2.24. The number of nitrogens with zero attached hydrogens (tertiary/aromatic N) is 1. The average Bonchev–Trinajstić information content (AvgIpc) is 3.03. The highest BCUT2D eigenvalue weighted by Crippen LogP contribution is 2.28. The molecule has 1 aromatic heterocycles. The zero-order valence-corrected chi connectivity index (χ0v) is 16.3. The van der Waals surface area contributed by atoms with Gasteiger partial charge in [0.05, 0.1) is 0 Å². The van der Waals surface area contributed by atoms with Crippen molar-refractivity contribution < 1.29 is 9.59 Å². The zero-order valence-electron chi connectivity index (χ0n) is 15.5. The summed E-state index contributed by atoms with van der Waals surface area (Å²) in [5.41, 5.74) is 4.33. The molecule has 2 amide bonds. The molecule has 2 aromatic carbocycles. The molecule has 3 rings (SSSR count). The van der Waals surface area contributed by atoms with E-state index in [0.29, 0.717) is 12.2 Å². The molecule has 0 unspecified atom stereocenters. The molecule has 0 saturated carbocycles. The van der Waals surface area contributed by atoms with E-state index in [1.54, 1.807) is 0 Å².